The van der Waals surface area contributed by atoms with E-state index in [0.29, 0.717) is 6.04 Å². The van der Waals surface area contributed by atoms with Crippen LogP contribution >= 0.6 is 11.8 Å². The van der Waals surface area contributed by atoms with E-state index >= 15 is 0 Å². The Balaban J connectivity index is 2.25. The first kappa shape index (κ1) is 17.4. The minimum Gasteiger partial charge on any atom is -0.311 e. The van der Waals surface area contributed by atoms with Gasteiger partial charge in [-0.05, 0) is 25.5 Å². The number of nitrogens with one attached hydrogen (secondary N) is 1. The predicted octanol–water partition coefficient (Wildman–Crippen LogP) is 5.39. The second-order valence-corrected chi connectivity index (χ2v) is 7.50. The largest absolute Gasteiger partial charge is 0.311 e. The molecule has 0 aromatic heterocycles. The lowest BCUT2D eigenvalue weighted by molar-refractivity contribution is 0.382. The van der Waals surface area contributed by atoms with Gasteiger partial charge in [0.1, 0.15) is 0 Å². The molecule has 0 aliphatic heterocycles. The molecular formula is C17H35NS. The Labute approximate surface area is 125 Å². The van der Waals surface area contributed by atoms with Crippen molar-refractivity contribution in [3.8, 4) is 0 Å². The maximum Gasteiger partial charge on any atom is 0.0132 e. The summed E-state index contributed by atoms with van der Waals surface area (Å²) >= 11 is 2.07. The average Bonchev–Trinajstić information content (AvgIpc) is 2.39. The highest BCUT2D eigenvalue weighted by Crippen LogP contribution is 2.17. The van der Waals surface area contributed by atoms with Crippen LogP contribution in [0.25, 0.3) is 0 Å². The molecule has 0 aromatic carbocycles. The van der Waals surface area contributed by atoms with Gasteiger partial charge in [0.2, 0.25) is 0 Å². The minimum atomic E-state index is 0.683. The zero-order valence-electron chi connectivity index (χ0n) is 13.3. The van der Waals surface area contributed by atoms with Crippen LogP contribution in [0, 0.1) is 0 Å². The summed E-state index contributed by atoms with van der Waals surface area (Å²) in [7, 11) is 0. The first-order valence-corrected chi connectivity index (χ1v) is 9.82. The maximum atomic E-state index is 3.88. The van der Waals surface area contributed by atoms with Crippen LogP contribution in [0.15, 0.2) is 0 Å². The molecular weight excluding hydrogens is 250 g/mol. The minimum absolute atomic E-state index is 0.683. The number of thioether (sulfide) groups is 1. The molecule has 0 saturated heterocycles. The molecule has 1 atom stereocenters. The predicted molar refractivity (Wildman–Crippen MR) is 90.2 cm³/mol. The van der Waals surface area contributed by atoms with Gasteiger partial charge in [-0.1, -0.05) is 64.7 Å². The quantitative estimate of drug-likeness (QED) is 0.726. The van der Waals surface area contributed by atoms with Crippen molar-refractivity contribution in [2.24, 2.45) is 0 Å². The Morgan fingerprint density at radius 2 is 1.37 bits per heavy atom. The second kappa shape index (κ2) is 12.1. The Morgan fingerprint density at radius 1 is 0.895 bits per heavy atom. The zero-order chi connectivity index (χ0) is 13.8. The van der Waals surface area contributed by atoms with Crippen LogP contribution < -0.4 is 5.32 Å². The highest BCUT2D eigenvalue weighted by molar-refractivity contribution is 7.99. The monoisotopic (exact) mass is 285 g/mol. The first-order chi connectivity index (χ1) is 9.33. The molecule has 0 bridgehead atoms. The summed E-state index contributed by atoms with van der Waals surface area (Å²) < 4.78 is 0. The lowest BCUT2D eigenvalue weighted by Crippen LogP contribution is -2.38. The Kier molecular flexibility index (Phi) is 11.0. The molecule has 1 fully saturated rings. The molecule has 1 saturated carbocycles. The van der Waals surface area contributed by atoms with Crippen LogP contribution in [0.1, 0.15) is 84.5 Å². The van der Waals surface area contributed by atoms with Crippen LogP contribution in [0.4, 0.5) is 0 Å². The third-order valence-corrected chi connectivity index (χ3v) is 5.34. The summed E-state index contributed by atoms with van der Waals surface area (Å²) in [4.78, 5) is 0. The van der Waals surface area contributed by atoms with E-state index in [1.165, 1.54) is 82.1 Å². The highest BCUT2D eigenvalue weighted by atomic mass is 32.2. The molecule has 19 heavy (non-hydrogen) atoms. The van der Waals surface area contributed by atoms with Crippen molar-refractivity contribution < 1.29 is 0 Å². The smallest absolute Gasteiger partial charge is 0.0132 e. The molecule has 1 nitrogen and oxygen atoms in total. The normalized spacial score (nSPS) is 22.4. The van der Waals surface area contributed by atoms with Crippen molar-refractivity contribution in [2.75, 3.05) is 11.5 Å². The van der Waals surface area contributed by atoms with Gasteiger partial charge >= 0.3 is 0 Å². The summed E-state index contributed by atoms with van der Waals surface area (Å²) in [5.74, 6) is 2.52. The molecule has 0 radical (unpaired) electrons. The van der Waals surface area contributed by atoms with E-state index in [9.17, 15) is 0 Å². The van der Waals surface area contributed by atoms with E-state index in [4.69, 9.17) is 0 Å². The summed E-state index contributed by atoms with van der Waals surface area (Å²) in [6.45, 7) is 4.62. The third-order valence-electron chi connectivity index (χ3n) is 4.20. The average molecular weight is 286 g/mol. The number of hydrogen-bond acceptors (Lipinski definition) is 2. The van der Waals surface area contributed by atoms with E-state index in [1.807, 2.05) is 0 Å². The van der Waals surface area contributed by atoms with Crippen molar-refractivity contribution >= 4 is 11.8 Å². The molecule has 0 spiro atoms. The molecule has 0 aromatic rings. The van der Waals surface area contributed by atoms with Gasteiger partial charge in [-0.2, -0.15) is 11.8 Å². The Morgan fingerprint density at radius 3 is 1.84 bits per heavy atom. The standard InChI is InChI=1S/C17H35NS/c1-3-19-15-16(2)18-17-13-11-9-7-5-4-6-8-10-12-14-17/h16-18H,3-15H2,1-2H3. The summed E-state index contributed by atoms with van der Waals surface area (Å²) in [5, 5.41) is 3.88. The van der Waals surface area contributed by atoms with Gasteiger partial charge < -0.3 is 5.32 Å². The van der Waals surface area contributed by atoms with Gasteiger partial charge in [0.25, 0.3) is 0 Å². The van der Waals surface area contributed by atoms with Gasteiger partial charge in [0.05, 0.1) is 0 Å². The van der Waals surface area contributed by atoms with Gasteiger partial charge in [-0.3, -0.25) is 0 Å². The van der Waals surface area contributed by atoms with E-state index in [1.54, 1.807) is 0 Å². The molecule has 2 heteroatoms. The van der Waals surface area contributed by atoms with Gasteiger partial charge in [0.15, 0.2) is 0 Å². The van der Waals surface area contributed by atoms with E-state index in [0.717, 1.165) is 6.04 Å². The van der Waals surface area contributed by atoms with E-state index in [-0.39, 0.29) is 0 Å². The van der Waals surface area contributed by atoms with Crippen LogP contribution in [-0.4, -0.2) is 23.6 Å². The molecule has 1 N–H and O–H groups in total. The molecule has 0 amide bonds. The molecule has 114 valence electrons. The first-order valence-electron chi connectivity index (χ1n) is 8.66. The topological polar surface area (TPSA) is 12.0 Å². The summed E-state index contributed by atoms with van der Waals surface area (Å²) in [5.41, 5.74) is 0. The lowest BCUT2D eigenvalue weighted by atomic mass is 9.97. The van der Waals surface area contributed by atoms with Crippen molar-refractivity contribution in [1.29, 1.82) is 0 Å². The van der Waals surface area contributed by atoms with Crippen molar-refractivity contribution in [3.63, 3.8) is 0 Å². The Hall–Kier alpha value is 0.310. The van der Waals surface area contributed by atoms with E-state index in [2.05, 4.69) is 30.9 Å². The molecule has 1 aliphatic rings. The van der Waals surface area contributed by atoms with Crippen LogP contribution in [0.5, 0.6) is 0 Å². The third kappa shape index (κ3) is 9.79. The number of hydrogen-bond donors (Lipinski definition) is 1. The fraction of sp³-hybridized carbons (Fsp3) is 1.00. The fourth-order valence-electron chi connectivity index (χ4n) is 3.08. The van der Waals surface area contributed by atoms with Gasteiger partial charge in [0, 0.05) is 17.8 Å². The van der Waals surface area contributed by atoms with Crippen LogP contribution in [0.2, 0.25) is 0 Å². The molecule has 1 rings (SSSR count). The van der Waals surface area contributed by atoms with Crippen LogP contribution in [-0.2, 0) is 0 Å². The van der Waals surface area contributed by atoms with E-state index < -0.39 is 0 Å². The highest BCUT2D eigenvalue weighted by Gasteiger charge is 2.12. The molecule has 1 unspecified atom stereocenters. The van der Waals surface area contributed by atoms with Crippen molar-refractivity contribution in [1.82, 2.24) is 5.32 Å². The van der Waals surface area contributed by atoms with Crippen molar-refractivity contribution in [3.05, 3.63) is 0 Å². The maximum absolute atomic E-state index is 3.88. The van der Waals surface area contributed by atoms with Gasteiger partial charge in [-0.15, -0.1) is 0 Å². The SMILES string of the molecule is CCSCC(C)NC1CCCCCCCCCCC1. The summed E-state index contributed by atoms with van der Waals surface area (Å²) in [6.07, 6.45) is 15.9. The fourth-order valence-corrected chi connectivity index (χ4v) is 3.76. The molecule has 1 aliphatic carbocycles. The zero-order valence-corrected chi connectivity index (χ0v) is 14.1. The van der Waals surface area contributed by atoms with Crippen molar-refractivity contribution in [2.45, 2.75) is 96.6 Å². The Bertz CT molecular complexity index is 184. The number of rotatable bonds is 5. The second-order valence-electron chi connectivity index (χ2n) is 6.18. The van der Waals surface area contributed by atoms with Crippen LogP contribution in [0.3, 0.4) is 0 Å². The summed E-state index contributed by atoms with van der Waals surface area (Å²) in [6, 6.07) is 1.47. The van der Waals surface area contributed by atoms with Gasteiger partial charge in [-0.25, -0.2) is 0 Å². The lowest BCUT2D eigenvalue weighted by Gasteiger charge is -2.24. The molecule has 0 heterocycles.